The number of rotatable bonds is 9. The number of hydrogen-bond donors (Lipinski definition) is 1. The number of carbonyl (C=O) groups excluding carboxylic acids is 2. The molecular formula is C27H26N2O7S. The monoisotopic (exact) mass is 522 g/mol. The summed E-state index contributed by atoms with van der Waals surface area (Å²) in [6, 6.07) is 18.5. The molecule has 0 bridgehead atoms. The molecule has 1 aliphatic rings. The molecule has 10 heteroatoms. The molecule has 0 fully saturated rings. The fourth-order valence-electron chi connectivity index (χ4n) is 3.89. The molecule has 3 aromatic rings. The van der Waals surface area contributed by atoms with E-state index in [1.165, 1.54) is 30.2 Å². The van der Waals surface area contributed by atoms with Crippen molar-refractivity contribution in [3.05, 3.63) is 101 Å². The van der Waals surface area contributed by atoms with Crippen molar-refractivity contribution in [2.75, 3.05) is 14.2 Å². The summed E-state index contributed by atoms with van der Waals surface area (Å²) >= 11 is 0. The van der Waals surface area contributed by atoms with Gasteiger partial charge < -0.3 is 18.8 Å². The number of sulfonamides is 1. The summed E-state index contributed by atoms with van der Waals surface area (Å²) in [5.41, 5.74) is 1.58. The zero-order valence-electron chi connectivity index (χ0n) is 20.6. The van der Waals surface area contributed by atoms with Crippen molar-refractivity contribution >= 4 is 28.0 Å². The van der Waals surface area contributed by atoms with Crippen molar-refractivity contribution in [3.8, 4) is 5.75 Å². The number of carbonyl (C=O) groups is 2. The molecule has 1 aliphatic heterocycles. The number of esters is 1. The van der Waals surface area contributed by atoms with Gasteiger partial charge in [-0.15, -0.1) is 0 Å². The number of benzene rings is 2. The van der Waals surface area contributed by atoms with Crippen LogP contribution in [0.1, 0.15) is 24.0 Å². The fraction of sp³-hybridized carbons (Fsp3) is 0.185. The minimum atomic E-state index is -3.72. The van der Waals surface area contributed by atoms with E-state index in [2.05, 4.69) is 4.72 Å². The minimum absolute atomic E-state index is 0.0866. The van der Waals surface area contributed by atoms with E-state index in [4.69, 9.17) is 13.9 Å². The van der Waals surface area contributed by atoms with Gasteiger partial charge in [-0.25, -0.2) is 17.9 Å². The lowest BCUT2D eigenvalue weighted by Crippen LogP contribution is -2.24. The summed E-state index contributed by atoms with van der Waals surface area (Å²) in [5, 5.41) is 0. The Morgan fingerprint density at radius 1 is 1.03 bits per heavy atom. The Morgan fingerprint density at radius 2 is 1.73 bits per heavy atom. The molecule has 0 unspecified atom stereocenters. The van der Waals surface area contributed by atoms with E-state index in [0.29, 0.717) is 17.2 Å². The van der Waals surface area contributed by atoms with Gasteiger partial charge in [-0.05, 0) is 55.0 Å². The van der Waals surface area contributed by atoms with Crippen LogP contribution in [0.5, 0.6) is 5.75 Å². The molecule has 0 spiro atoms. The van der Waals surface area contributed by atoms with Crippen LogP contribution in [0.3, 0.4) is 0 Å². The molecule has 4 rings (SSSR count). The van der Waals surface area contributed by atoms with Crippen molar-refractivity contribution in [3.63, 3.8) is 0 Å². The molecule has 1 N–H and O–H groups in total. The maximum atomic E-state index is 13.3. The van der Waals surface area contributed by atoms with Gasteiger partial charge in [0.2, 0.25) is 10.0 Å². The van der Waals surface area contributed by atoms with Crippen molar-refractivity contribution in [1.29, 1.82) is 0 Å². The predicted octanol–water partition coefficient (Wildman–Crippen LogP) is 3.64. The number of methoxy groups -OCH3 is 2. The highest BCUT2D eigenvalue weighted by molar-refractivity contribution is 7.89. The molecule has 0 radical (unpaired) electrons. The lowest BCUT2D eigenvalue weighted by atomic mass is 10.1. The zero-order chi connectivity index (χ0) is 26.6. The third-order valence-corrected chi connectivity index (χ3v) is 7.28. The Morgan fingerprint density at radius 3 is 2.38 bits per heavy atom. The first-order valence-electron chi connectivity index (χ1n) is 11.3. The van der Waals surface area contributed by atoms with E-state index in [0.717, 1.165) is 5.56 Å². The predicted molar refractivity (Wildman–Crippen MR) is 135 cm³/mol. The first kappa shape index (κ1) is 25.9. The first-order chi connectivity index (χ1) is 17.7. The second-order valence-electron chi connectivity index (χ2n) is 8.19. The lowest BCUT2D eigenvalue weighted by Gasteiger charge is -2.18. The maximum Gasteiger partial charge on any atom is 0.340 e. The quantitative estimate of drug-likeness (QED) is 0.337. The standard InChI is InChI=1S/C27H26N2O7S/c1-18-25(27(31)35-3)24(26(30)29(18)17-19-9-11-20(34-2)12-10-19)15-21-13-14-22(36-21)16-28-37(32,33)23-7-5-4-6-8-23/h4-15,28H,16-17H2,1-3H3/b24-15-. The highest BCUT2D eigenvalue weighted by atomic mass is 32.2. The van der Waals surface area contributed by atoms with E-state index < -0.39 is 16.0 Å². The average molecular weight is 523 g/mol. The Bertz CT molecular complexity index is 1470. The van der Waals surface area contributed by atoms with E-state index >= 15 is 0 Å². The second-order valence-corrected chi connectivity index (χ2v) is 9.96. The first-order valence-corrected chi connectivity index (χ1v) is 12.8. The average Bonchev–Trinajstić information content (AvgIpc) is 3.46. The van der Waals surface area contributed by atoms with Crippen LogP contribution >= 0.6 is 0 Å². The van der Waals surface area contributed by atoms with Crippen LogP contribution in [0.15, 0.2) is 92.9 Å². The van der Waals surface area contributed by atoms with Gasteiger partial charge in [0.05, 0.1) is 43.4 Å². The van der Waals surface area contributed by atoms with E-state index in [-0.39, 0.29) is 40.8 Å². The van der Waals surface area contributed by atoms with Crippen LogP contribution in [0.2, 0.25) is 0 Å². The molecule has 192 valence electrons. The molecule has 9 nitrogen and oxygen atoms in total. The van der Waals surface area contributed by atoms with Gasteiger partial charge in [0.15, 0.2) is 0 Å². The second kappa shape index (κ2) is 10.9. The summed E-state index contributed by atoms with van der Waals surface area (Å²) in [4.78, 5) is 27.6. The van der Waals surface area contributed by atoms with Crippen molar-refractivity contribution in [1.82, 2.24) is 9.62 Å². The number of ether oxygens (including phenoxy) is 2. The lowest BCUT2D eigenvalue weighted by molar-refractivity contribution is -0.136. The Balaban J connectivity index is 1.55. The summed E-state index contributed by atoms with van der Waals surface area (Å²) in [7, 11) is -0.891. The van der Waals surface area contributed by atoms with Gasteiger partial charge in [-0.2, -0.15) is 0 Å². The number of nitrogens with zero attached hydrogens (tertiary/aromatic N) is 1. The van der Waals surface area contributed by atoms with Crippen LogP contribution in [0, 0.1) is 0 Å². The Kier molecular flexibility index (Phi) is 7.61. The SMILES string of the molecule is COC(=O)C1=C(C)N(Cc2ccc(OC)cc2)C(=O)/C1=C\c1ccc(CNS(=O)(=O)c2ccccc2)o1. The maximum absolute atomic E-state index is 13.3. The summed E-state index contributed by atoms with van der Waals surface area (Å²) in [6.45, 7) is 1.84. The highest BCUT2D eigenvalue weighted by Gasteiger charge is 2.37. The smallest absolute Gasteiger partial charge is 0.340 e. The number of furan rings is 1. The summed E-state index contributed by atoms with van der Waals surface area (Å²) < 4.78 is 43.3. The molecule has 37 heavy (non-hydrogen) atoms. The third-order valence-electron chi connectivity index (χ3n) is 5.86. The van der Waals surface area contributed by atoms with Gasteiger partial charge in [-0.1, -0.05) is 30.3 Å². The topological polar surface area (TPSA) is 115 Å². The molecular weight excluding hydrogens is 496 g/mol. The van der Waals surface area contributed by atoms with E-state index in [1.807, 2.05) is 12.1 Å². The van der Waals surface area contributed by atoms with Crippen LogP contribution < -0.4 is 9.46 Å². The number of allylic oxidation sites excluding steroid dienone is 1. The van der Waals surface area contributed by atoms with Crippen LogP contribution in [-0.4, -0.2) is 39.4 Å². The minimum Gasteiger partial charge on any atom is -0.497 e. The van der Waals surface area contributed by atoms with Crippen LogP contribution in [-0.2, 0) is 37.4 Å². The third kappa shape index (κ3) is 5.65. The number of amides is 1. The number of nitrogens with one attached hydrogen (secondary N) is 1. The van der Waals surface area contributed by atoms with Crippen LogP contribution in [0.4, 0.5) is 0 Å². The molecule has 0 atom stereocenters. The van der Waals surface area contributed by atoms with Gasteiger partial charge in [0, 0.05) is 5.70 Å². The molecule has 1 aromatic heterocycles. The number of hydrogen-bond acceptors (Lipinski definition) is 7. The Labute approximate surface area is 215 Å². The molecule has 2 heterocycles. The van der Waals surface area contributed by atoms with Crippen LogP contribution in [0.25, 0.3) is 6.08 Å². The van der Waals surface area contributed by atoms with Gasteiger partial charge in [0.25, 0.3) is 5.91 Å². The molecule has 0 saturated carbocycles. The van der Waals surface area contributed by atoms with Crippen molar-refractivity contribution in [2.45, 2.75) is 24.9 Å². The zero-order valence-corrected chi connectivity index (χ0v) is 21.4. The van der Waals surface area contributed by atoms with Gasteiger partial charge >= 0.3 is 5.97 Å². The largest absolute Gasteiger partial charge is 0.497 e. The molecule has 2 aromatic carbocycles. The molecule has 0 aliphatic carbocycles. The fourth-order valence-corrected chi connectivity index (χ4v) is 4.90. The summed E-state index contributed by atoms with van der Waals surface area (Å²) in [6.07, 6.45) is 1.46. The van der Waals surface area contributed by atoms with Gasteiger partial charge in [0.1, 0.15) is 17.3 Å². The Hall–Kier alpha value is -4.15. The summed E-state index contributed by atoms with van der Waals surface area (Å²) in [5.74, 6) is 0.303. The normalized spacial score (nSPS) is 14.9. The molecule has 1 amide bonds. The van der Waals surface area contributed by atoms with Crippen molar-refractivity contribution < 1.29 is 31.9 Å². The highest BCUT2D eigenvalue weighted by Crippen LogP contribution is 2.33. The van der Waals surface area contributed by atoms with Crippen molar-refractivity contribution in [2.24, 2.45) is 0 Å². The molecule has 0 saturated heterocycles. The van der Waals surface area contributed by atoms with E-state index in [1.54, 1.807) is 56.5 Å². The van der Waals surface area contributed by atoms with E-state index in [9.17, 15) is 18.0 Å². The van der Waals surface area contributed by atoms with Gasteiger partial charge in [-0.3, -0.25) is 4.79 Å².